The first-order valence-corrected chi connectivity index (χ1v) is 7.67. The second-order valence-electron chi connectivity index (χ2n) is 4.05. The number of hydrogen-bond acceptors (Lipinski definition) is 4. The lowest BCUT2D eigenvalue weighted by molar-refractivity contribution is 0.393. The first-order chi connectivity index (χ1) is 8.88. The fraction of sp³-hybridized carbons (Fsp3) is 0.500. The lowest BCUT2D eigenvalue weighted by Crippen LogP contribution is -2.27. The number of halogens is 1. The van der Waals surface area contributed by atoms with Gasteiger partial charge in [0, 0.05) is 30.7 Å². The van der Waals surface area contributed by atoms with Crippen molar-refractivity contribution < 1.29 is 13.2 Å². The van der Waals surface area contributed by atoms with E-state index in [4.69, 9.17) is 16.3 Å². The molecule has 0 aliphatic heterocycles. The number of ether oxygens (including phenoxy) is 1. The van der Waals surface area contributed by atoms with Crippen LogP contribution in [0.5, 0.6) is 5.75 Å². The van der Waals surface area contributed by atoms with Crippen molar-refractivity contribution in [2.45, 2.75) is 18.4 Å². The molecule has 19 heavy (non-hydrogen) atoms. The minimum absolute atomic E-state index is 0.0945. The number of nitrogens with zero attached hydrogens (tertiary/aromatic N) is 1. The highest BCUT2D eigenvalue weighted by Crippen LogP contribution is 2.33. The summed E-state index contributed by atoms with van der Waals surface area (Å²) in [4.78, 5) is 0.0945. The highest BCUT2D eigenvalue weighted by molar-refractivity contribution is 7.89. The van der Waals surface area contributed by atoms with Gasteiger partial charge in [-0.3, -0.25) is 0 Å². The Labute approximate surface area is 119 Å². The highest BCUT2D eigenvalue weighted by atomic mass is 35.5. The topological polar surface area (TPSA) is 58.6 Å². The van der Waals surface area contributed by atoms with Crippen LogP contribution in [0.2, 0.25) is 5.02 Å². The Morgan fingerprint density at radius 3 is 2.53 bits per heavy atom. The number of hydrogen-bond donors (Lipinski definition) is 1. The molecule has 1 aromatic rings. The van der Waals surface area contributed by atoms with Crippen molar-refractivity contribution in [1.29, 1.82) is 0 Å². The van der Waals surface area contributed by atoms with E-state index < -0.39 is 10.0 Å². The third-order valence-electron chi connectivity index (χ3n) is 2.80. The van der Waals surface area contributed by atoms with Gasteiger partial charge in [-0.2, -0.15) is 0 Å². The van der Waals surface area contributed by atoms with E-state index in [0.29, 0.717) is 29.4 Å². The summed E-state index contributed by atoms with van der Waals surface area (Å²) in [5.41, 5.74) is 0.709. The third kappa shape index (κ3) is 3.39. The quantitative estimate of drug-likeness (QED) is 0.869. The van der Waals surface area contributed by atoms with Gasteiger partial charge >= 0.3 is 0 Å². The Morgan fingerprint density at radius 1 is 1.42 bits per heavy atom. The summed E-state index contributed by atoms with van der Waals surface area (Å²) in [5, 5.41) is 3.33. The molecular weight excluding hydrogens is 288 g/mol. The predicted octanol–water partition coefficient (Wildman–Crippen LogP) is 1.71. The van der Waals surface area contributed by atoms with Gasteiger partial charge in [-0.15, -0.1) is 0 Å². The molecule has 7 heteroatoms. The van der Waals surface area contributed by atoms with Gasteiger partial charge in [0.25, 0.3) is 0 Å². The van der Waals surface area contributed by atoms with Gasteiger partial charge in [-0.25, -0.2) is 12.7 Å². The van der Waals surface area contributed by atoms with Crippen molar-refractivity contribution in [1.82, 2.24) is 9.62 Å². The van der Waals surface area contributed by atoms with Crippen molar-refractivity contribution in [3.8, 4) is 5.75 Å². The first kappa shape index (κ1) is 16.2. The van der Waals surface area contributed by atoms with Crippen LogP contribution in [0, 0.1) is 0 Å². The molecule has 0 spiro atoms. The normalized spacial score (nSPS) is 11.9. The van der Waals surface area contributed by atoms with Crippen molar-refractivity contribution in [2.24, 2.45) is 0 Å². The molecule has 0 saturated carbocycles. The van der Waals surface area contributed by atoms with Crippen molar-refractivity contribution in [2.75, 3.05) is 27.7 Å². The Morgan fingerprint density at radius 2 is 2.05 bits per heavy atom. The standard InChI is InChI=1S/C12H19ClN2O3S/c1-5-15(3)19(16,17)11-7-10(13)6-9(8-14-2)12(11)18-4/h6-7,14H,5,8H2,1-4H3. The van der Waals surface area contributed by atoms with Crippen LogP contribution in [0.1, 0.15) is 12.5 Å². The lowest BCUT2D eigenvalue weighted by Gasteiger charge is -2.19. The average molecular weight is 307 g/mol. The Balaban J connectivity index is 3.50. The summed E-state index contributed by atoms with van der Waals surface area (Å²) in [6, 6.07) is 3.11. The molecule has 1 rings (SSSR count). The van der Waals surface area contributed by atoms with E-state index in [1.165, 1.54) is 24.5 Å². The molecule has 1 aromatic carbocycles. The maximum Gasteiger partial charge on any atom is 0.246 e. The predicted molar refractivity (Wildman–Crippen MR) is 76.3 cm³/mol. The van der Waals surface area contributed by atoms with Crippen LogP contribution in [-0.4, -0.2) is 40.5 Å². The van der Waals surface area contributed by atoms with Crippen LogP contribution in [-0.2, 0) is 16.6 Å². The summed E-state index contributed by atoms with van der Waals surface area (Å²) in [6.07, 6.45) is 0. The number of sulfonamides is 1. The van der Waals surface area contributed by atoms with E-state index in [2.05, 4.69) is 5.32 Å². The fourth-order valence-corrected chi connectivity index (χ4v) is 3.41. The second kappa shape index (κ2) is 6.56. The minimum atomic E-state index is -3.60. The molecule has 108 valence electrons. The molecule has 1 N–H and O–H groups in total. The van der Waals surface area contributed by atoms with Crippen LogP contribution in [0.15, 0.2) is 17.0 Å². The Bertz CT molecular complexity index is 546. The third-order valence-corrected chi connectivity index (χ3v) is 4.96. The van der Waals surface area contributed by atoms with E-state index >= 15 is 0 Å². The SMILES string of the molecule is CCN(C)S(=O)(=O)c1cc(Cl)cc(CNC)c1OC. The Kier molecular flexibility index (Phi) is 5.61. The molecule has 0 unspecified atom stereocenters. The van der Waals surface area contributed by atoms with Gasteiger partial charge in [-0.05, 0) is 19.2 Å². The van der Waals surface area contributed by atoms with E-state index in [1.807, 2.05) is 0 Å². The zero-order valence-corrected chi connectivity index (χ0v) is 13.1. The zero-order valence-electron chi connectivity index (χ0n) is 11.5. The van der Waals surface area contributed by atoms with Crippen molar-refractivity contribution in [3.63, 3.8) is 0 Å². The number of benzene rings is 1. The van der Waals surface area contributed by atoms with Crippen LogP contribution in [0.25, 0.3) is 0 Å². The molecule has 0 saturated heterocycles. The number of rotatable bonds is 6. The Hall–Kier alpha value is -0.820. The zero-order chi connectivity index (χ0) is 14.6. The van der Waals surface area contributed by atoms with Crippen LogP contribution < -0.4 is 10.1 Å². The van der Waals surface area contributed by atoms with Crippen LogP contribution in [0.3, 0.4) is 0 Å². The largest absolute Gasteiger partial charge is 0.495 e. The van der Waals surface area contributed by atoms with Crippen LogP contribution >= 0.6 is 11.6 Å². The fourth-order valence-electron chi connectivity index (χ4n) is 1.71. The maximum atomic E-state index is 12.4. The van der Waals surface area contributed by atoms with E-state index in [1.54, 1.807) is 20.0 Å². The van der Waals surface area contributed by atoms with E-state index in [0.717, 1.165) is 0 Å². The van der Waals surface area contributed by atoms with Crippen LogP contribution in [0.4, 0.5) is 0 Å². The van der Waals surface area contributed by atoms with Gasteiger partial charge < -0.3 is 10.1 Å². The van der Waals surface area contributed by atoms with E-state index in [9.17, 15) is 8.42 Å². The summed E-state index contributed by atoms with van der Waals surface area (Å²) in [6.45, 7) is 2.62. The molecule has 0 amide bonds. The number of nitrogens with one attached hydrogen (secondary N) is 1. The molecule has 0 fully saturated rings. The van der Waals surface area contributed by atoms with Crippen molar-refractivity contribution in [3.05, 3.63) is 22.7 Å². The summed E-state index contributed by atoms with van der Waals surface area (Å²) in [5.74, 6) is 0.332. The summed E-state index contributed by atoms with van der Waals surface area (Å²) < 4.78 is 31.4. The lowest BCUT2D eigenvalue weighted by atomic mass is 10.2. The second-order valence-corrected chi connectivity index (χ2v) is 6.50. The summed E-state index contributed by atoms with van der Waals surface area (Å²) in [7, 11) is 1.14. The summed E-state index contributed by atoms with van der Waals surface area (Å²) >= 11 is 6.00. The smallest absolute Gasteiger partial charge is 0.246 e. The van der Waals surface area contributed by atoms with Gasteiger partial charge in [0.1, 0.15) is 10.6 Å². The average Bonchev–Trinajstić information content (AvgIpc) is 2.37. The van der Waals surface area contributed by atoms with E-state index in [-0.39, 0.29) is 4.90 Å². The molecule has 0 radical (unpaired) electrons. The molecule has 0 aliphatic carbocycles. The van der Waals surface area contributed by atoms with Gasteiger partial charge in [0.05, 0.1) is 7.11 Å². The highest BCUT2D eigenvalue weighted by Gasteiger charge is 2.26. The molecule has 5 nitrogen and oxygen atoms in total. The van der Waals surface area contributed by atoms with Crippen molar-refractivity contribution >= 4 is 21.6 Å². The molecule has 0 aromatic heterocycles. The van der Waals surface area contributed by atoms with Gasteiger partial charge in [0.2, 0.25) is 10.0 Å². The molecule has 0 atom stereocenters. The van der Waals surface area contributed by atoms with Gasteiger partial charge in [0.15, 0.2) is 0 Å². The molecule has 0 heterocycles. The first-order valence-electron chi connectivity index (χ1n) is 5.85. The minimum Gasteiger partial charge on any atom is -0.495 e. The number of methoxy groups -OCH3 is 1. The molecular formula is C12H19ClN2O3S. The molecule has 0 aliphatic rings. The monoisotopic (exact) mass is 306 g/mol. The molecule has 0 bridgehead atoms. The maximum absolute atomic E-state index is 12.4. The van der Waals surface area contributed by atoms with Gasteiger partial charge in [-0.1, -0.05) is 18.5 Å².